The van der Waals surface area contributed by atoms with E-state index in [0.717, 1.165) is 16.9 Å². The Balaban J connectivity index is 2.61. The highest BCUT2D eigenvalue weighted by molar-refractivity contribution is 9.10. The number of hydrogen-bond donors (Lipinski definition) is 0. The van der Waals surface area contributed by atoms with Crippen LogP contribution in [0.5, 0.6) is 0 Å². The molecule has 0 radical (unpaired) electrons. The standard InChI is InChI=1S/C7H5BrO/c8-7-4-5-2-1-3-6(5)9-7/h1-2,4H,3H2. The van der Waals surface area contributed by atoms with Crippen molar-refractivity contribution in [3.05, 3.63) is 28.1 Å². The molecular formula is C7H5BrO. The van der Waals surface area contributed by atoms with E-state index >= 15 is 0 Å². The molecular weight excluding hydrogens is 180 g/mol. The van der Waals surface area contributed by atoms with Gasteiger partial charge in [0.05, 0.1) is 0 Å². The smallest absolute Gasteiger partial charge is 0.170 e. The maximum atomic E-state index is 5.28. The summed E-state index contributed by atoms with van der Waals surface area (Å²) in [6.07, 6.45) is 5.12. The van der Waals surface area contributed by atoms with E-state index in [9.17, 15) is 0 Å². The third-order valence-corrected chi connectivity index (χ3v) is 1.80. The summed E-state index contributed by atoms with van der Waals surface area (Å²) in [6.45, 7) is 0. The van der Waals surface area contributed by atoms with Crippen LogP contribution in [0.25, 0.3) is 6.08 Å². The fourth-order valence-corrected chi connectivity index (χ4v) is 1.44. The molecule has 1 aliphatic carbocycles. The summed E-state index contributed by atoms with van der Waals surface area (Å²) >= 11 is 3.26. The van der Waals surface area contributed by atoms with Crippen molar-refractivity contribution in [3.63, 3.8) is 0 Å². The third kappa shape index (κ3) is 0.741. The third-order valence-electron chi connectivity index (χ3n) is 1.41. The van der Waals surface area contributed by atoms with Crippen LogP contribution in [0.1, 0.15) is 11.3 Å². The van der Waals surface area contributed by atoms with Crippen LogP contribution in [0.3, 0.4) is 0 Å². The van der Waals surface area contributed by atoms with Crippen LogP contribution in [-0.2, 0) is 6.42 Å². The van der Waals surface area contributed by atoms with E-state index < -0.39 is 0 Å². The molecule has 1 aromatic rings. The van der Waals surface area contributed by atoms with Crippen molar-refractivity contribution in [3.8, 4) is 0 Å². The van der Waals surface area contributed by atoms with Gasteiger partial charge in [-0.2, -0.15) is 0 Å². The molecule has 0 aromatic carbocycles. The van der Waals surface area contributed by atoms with Gasteiger partial charge in [-0.1, -0.05) is 12.2 Å². The number of halogens is 1. The quantitative estimate of drug-likeness (QED) is 0.605. The second kappa shape index (κ2) is 1.74. The van der Waals surface area contributed by atoms with Crippen molar-refractivity contribution in [2.24, 2.45) is 0 Å². The molecule has 1 nitrogen and oxygen atoms in total. The molecule has 0 bridgehead atoms. The predicted octanol–water partition coefficient (Wildman–Crippen LogP) is 2.61. The summed E-state index contributed by atoms with van der Waals surface area (Å²) in [6, 6.07) is 1.98. The first-order chi connectivity index (χ1) is 4.36. The second-order valence-corrected chi connectivity index (χ2v) is 2.82. The number of allylic oxidation sites excluding steroid dienone is 1. The molecule has 0 atom stereocenters. The molecule has 1 aromatic heterocycles. The highest BCUT2D eigenvalue weighted by atomic mass is 79.9. The van der Waals surface area contributed by atoms with E-state index in [1.54, 1.807) is 0 Å². The molecule has 0 amide bonds. The van der Waals surface area contributed by atoms with Gasteiger partial charge in [-0.05, 0) is 22.0 Å². The van der Waals surface area contributed by atoms with E-state index in [-0.39, 0.29) is 0 Å². The normalized spacial score (nSPS) is 14.3. The van der Waals surface area contributed by atoms with Crippen molar-refractivity contribution in [1.29, 1.82) is 0 Å². The largest absolute Gasteiger partial charge is 0.453 e. The van der Waals surface area contributed by atoms with Crippen molar-refractivity contribution in [1.82, 2.24) is 0 Å². The first-order valence-electron chi connectivity index (χ1n) is 2.81. The van der Waals surface area contributed by atoms with Gasteiger partial charge in [0.1, 0.15) is 5.76 Å². The number of furan rings is 1. The summed E-state index contributed by atoms with van der Waals surface area (Å²) < 4.78 is 6.11. The molecule has 2 heteroatoms. The highest BCUT2D eigenvalue weighted by Crippen LogP contribution is 2.26. The second-order valence-electron chi connectivity index (χ2n) is 2.04. The van der Waals surface area contributed by atoms with Gasteiger partial charge in [-0.25, -0.2) is 0 Å². The lowest BCUT2D eigenvalue weighted by molar-refractivity contribution is 0.501. The summed E-state index contributed by atoms with van der Waals surface area (Å²) in [5.74, 6) is 1.07. The van der Waals surface area contributed by atoms with E-state index in [1.807, 2.05) is 6.07 Å². The molecule has 0 unspecified atom stereocenters. The molecule has 0 aliphatic heterocycles. The zero-order valence-corrected chi connectivity index (χ0v) is 6.31. The van der Waals surface area contributed by atoms with Gasteiger partial charge < -0.3 is 4.42 Å². The maximum Gasteiger partial charge on any atom is 0.170 e. The van der Waals surface area contributed by atoms with Crippen LogP contribution >= 0.6 is 15.9 Å². The van der Waals surface area contributed by atoms with E-state index in [0.29, 0.717) is 0 Å². The van der Waals surface area contributed by atoms with Gasteiger partial charge in [0.2, 0.25) is 0 Å². The molecule has 9 heavy (non-hydrogen) atoms. The summed E-state index contributed by atoms with van der Waals surface area (Å²) in [5, 5.41) is 0. The molecule has 1 heterocycles. The van der Waals surface area contributed by atoms with E-state index in [1.165, 1.54) is 5.56 Å². The van der Waals surface area contributed by atoms with Crippen molar-refractivity contribution in [2.75, 3.05) is 0 Å². The van der Waals surface area contributed by atoms with Crippen LogP contribution in [0.2, 0.25) is 0 Å². The number of hydrogen-bond acceptors (Lipinski definition) is 1. The fourth-order valence-electron chi connectivity index (χ4n) is 1.00. The number of rotatable bonds is 0. The zero-order valence-electron chi connectivity index (χ0n) is 4.73. The van der Waals surface area contributed by atoms with Crippen LogP contribution in [-0.4, -0.2) is 0 Å². The lowest BCUT2D eigenvalue weighted by Crippen LogP contribution is -1.68. The number of fused-ring (bicyclic) bond motifs is 1. The van der Waals surface area contributed by atoms with Crippen molar-refractivity contribution < 1.29 is 4.42 Å². The van der Waals surface area contributed by atoms with Gasteiger partial charge in [-0.15, -0.1) is 0 Å². The van der Waals surface area contributed by atoms with Crippen LogP contribution in [0, 0.1) is 0 Å². The molecule has 1 aliphatic rings. The molecule has 0 fully saturated rings. The predicted molar refractivity (Wildman–Crippen MR) is 39.1 cm³/mol. The topological polar surface area (TPSA) is 13.1 Å². The van der Waals surface area contributed by atoms with Crippen LogP contribution < -0.4 is 0 Å². The Kier molecular flexibility index (Phi) is 1.02. The molecule has 0 saturated carbocycles. The molecule has 0 saturated heterocycles. The Bertz CT molecular complexity index is 260. The summed E-state index contributed by atoms with van der Waals surface area (Å²) in [5.41, 5.74) is 1.21. The van der Waals surface area contributed by atoms with Crippen molar-refractivity contribution in [2.45, 2.75) is 6.42 Å². The fraction of sp³-hybridized carbons (Fsp3) is 0.143. The van der Waals surface area contributed by atoms with Gasteiger partial charge in [0, 0.05) is 12.0 Å². The molecule has 0 N–H and O–H groups in total. The van der Waals surface area contributed by atoms with Gasteiger partial charge in [-0.3, -0.25) is 0 Å². The lowest BCUT2D eigenvalue weighted by Gasteiger charge is -1.81. The monoisotopic (exact) mass is 184 g/mol. The van der Waals surface area contributed by atoms with Crippen molar-refractivity contribution >= 4 is 22.0 Å². The maximum absolute atomic E-state index is 5.28. The molecule has 46 valence electrons. The van der Waals surface area contributed by atoms with Gasteiger partial charge in [0.15, 0.2) is 4.67 Å². The first kappa shape index (κ1) is 5.30. The minimum Gasteiger partial charge on any atom is -0.453 e. The average Bonchev–Trinajstić information content (AvgIpc) is 2.22. The average molecular weight is 185 g/mol. The summed E-state index contributed by atoms with van der Waals surface area (Å²) in [4.78, 5) is 0. The first-order valence-corrected chi connectivity index (χ1v) is 3.60. The summed E-state index contributed by atoms with van der Waals surface area (Å²) in [7, 11) is 0. The van der Waals surface area contributed by atoms with Gasteiger partial charge >= 0.3 is 0 Å². The Morgan fingerprint density at radius 2 is 2.44 bits per heavy atom. The Morgan fingerprint density at radius 3 is 3.22 bits per heavy atom. The van der Waals surface area contributed by atoms with Crippen LogP contribution in [0.4, 0.5) is 0 Å². The van der Waals surface area contributed by atoms with Gasteiger partial charge in [0.25, 0.3) is 0 Å². The Morgan fingerprint density at radius 1 is 1.56 bits per heavy atom. The minimum atomic E-state index is 0.830. The zero-order chi connectivity index (χ0) is 6.27. The molecule has 0 spiro atoms. The highest BCUT2D eigenvalue weighted by Gasteiger charge is 2.09. The van der Waals surface area contributed by atoms with E-state index in [4.69, 9.17) is 4.42 Å². The van der Waals surface area contributed by atoms with Crippen LogP contribution in [0.15, 0.2) is 21.2 Å². The Labute approximate surface area is 61.5 Å². The lowest BCUT2D eigenvalue weighted by atomic mass is 10.3. The Hall–Kier alpha value is -0.500. The SMILES string of the molecule is Brc1cc2c(o1)CC=C2. The van der Waals surface area contributed by atoms with E-state index in [2.05, 4.69) is 28.1 Å². The minimum absolute atomic E-state index is 0.830. The molecule has 2 rings (SSSR count).